The first-order valence-corrected chi connectivity index (χ1v) is 12.5. The lowest BCUT2D eigenvalue weighted by atomic mass is 9.92. The molecular formula is C21H30N2O10P+. The van der Waals surface area contributed by atoms with Crippen LogP contribution in [0.3, 0.4) is 0 Å². The van der Waals surface area contributed by atoms with E-state index in [1.54, 1.807) is 6.08 Å². The minimum atomic E-state index is -2.56. The first-order chi connectivity index (χ1) is 16.3. The Hall–Kier alpha value is -1.63. The third-order valence-electron chi connectivity index (χ3n) is 6.55. The fraction of sp³-hybridized carbons (Fsp3) is 0.762. The zero-order valence-corrected chi connectivity index (χ0v) is 19.5. The van der Waals surface area contributed by atoms with E-state index >= 15 is 0 Å². The van der Waals surface area contributed by atoms with Gasteiger partial charge in [0.05, 0.1) is 24.9 Å². The van der Waals surface area contributed by atoms with Crippen LogP contribution in [0.25, 0.3) is 0 Å². The van der Waals surface area contributed by atoms with Gasteiger partial charge in [-0.1, -0.05) is 6.08 Å². The van der Waals surface area contributed by atoms with E-state index in [4.69, 9.17) is 29.0 Å². The molecule has 0 spiro atoms. The summed E-state index contributed by atoms with van der Waals surface area (Å²) in [5.41, 5.74) is 4.49. The van der Waals surface area contributed by atoms with E-state index in [0.29, 0.717) is 32.2 Å². The molecule has 4 aliphatic rings. The molecule has 9 atom stereocenters. The maximum atomic E-state index is 12.5. The number of rotatable bonds is 10. The molecule has 13 heteroatoms. The Morgan fingerprint density at radius 1 is 1.32 bits per heavy atom. The van der Waals surface area contributed by atoms with Gasteiger partial charge >= 0.3 is 8.25 Å². The lowest BCUT2D eigenvalue weighted by Crippen LogP contribution is -2.35. The van der Waals surface area contributed by atoms with E-state index in [0.717, 1.165) is 0 Å². The number of ether oxygens (including phenoxy) is 3. The number of aldehydes is 1. The molecule has 188 valence electrons. The second-order valence-corrected chi connectivity index (χ2v) is 9.85. The molecule has 1 aliphatic carbocycles. The number of carbonyl (C=O) groups is 2. The Balaban J connectivity index is 1.27. The van der Waals surface area contributed by atoms with Gasteiger partial charge in [-0.2, -0.15) is 4.99 Å². The Bertz CT molecular complexity index is 853. The monoisotopic (exact) mass is 501 g/mol. The van der Waals surface area contributed by atoms with Gasteiger partial charge in [0.25, 0.3) is 0 Å². The topological polar surface area (TPSA) is 176 Å². The summed E-state index contributed by atoms with van der Waals surface area (Å²) in [6.45, 7) is -0.0302. The number of carbonyl (C=O) groups excluding carboxylic acids is 2. The predicted molar refractivity (Wildman–Crippen MR) is 116 cm³/mol. The molecule has 9 unspecified atom stereocenters. The molecule has 0 aromatic carbocycles. The van der Waals surface area contributed by atoms with E-state index in [2.05, 4.69) is 4.99 Å². The average molecular weight is 501 g/mol. The molecule has 0 bridgehead atoms. The van der Waals surface area contributed by atoms with Crippen LogP contribution in [-0.4, -0.2) is 90.3 Å². The Labute approximate surface area is 197 Å². The van der Waals surface area contributed by atoms with Crippen LogP contribution in [0.4, 0.5) is 0 Å². The summed E-state index contributed by atoms with van der Waals surface area (Å²) in [5.74, 6) is -0.325. The molecule has 12 nitrogen and oxygen atoms in total. The highest BCUT2D eigenvalue weighted by molar-refractivity contribution is 7.33. The van der Waals surface area contributed by atoms with Crippen LogP contribution in [0.2, 0.25) is 0 Å². The molecular weight excluding hydrogens is 471 g/mol. The number of aliphatic imine (C=N–C) groups is 1. The van der Waals surface area contributed by atoms with Crippen molar-refractivity contribution in [1.82, 2.24) is 0 Å². The number of aliphatic hydroxyl groups excluding tert-OH is 2. The summed E-state index contributed by atoms with van der Waals surface area (Å²) in [7, 11) is -2.56. The van der Waals surface area contributed by atoms with Crippen molar-refractivity contribution >= 4 is 26.3 Å². The highest BCUT2D eigenvalue weighted by Gasteiger charge is 2.58. The standard InChI is InChI=1S/C21H29N2O10P/c22-19-3-1-12(2-4-20(27)23-19)14-7-15(16(9-24)31-14)33-34(28)30-10-17-13(5-6-29-17)32-21(11-25)8-18(21)26/h1,3,11-18,24,26H,2,4-10H2,(H-,22,23,27)/p+1. The van der Waals surface area contributed by atoms with E-state index in [9.17, 15) is 24.4 Å². The Morgan fingerprint density at radius 3 is 2.82 bits per heavy atom. The molecule has 0 aromatic heterocycles. The van der Waals surface area contributed by atoms with Crippen molar-refractivity contribution in [2.45, 2.75) is 74.3 Å². The number of aliphatic hydroxyl groups is 2. The second kappa shape index (κ2) is 11.0. The van der Waals surface area contributed by atoms with Crippen molar-refractivity contribution in [1.29, 1.82) is 0 Å². The molecule has 0 aromatic rings. The molecule has 3 aliphatic heterocycles. The van der Waals surface area contributed by atoms with E-state index in [1.165, 1.54) is 0 Å². The summed E-state index contributed by atoms with van der Waals surface area (Å²) in [6.07, 6.45) is 2.23. The quantitative estimate of drug-likeness (QED) is 0.270. The van der Waals surface area contributed by atoms with Crippen LogP contribution in [0.5, 0.6) is 0 Å². The van der Waals surface area contributed by atoms with Gasteiger partial charge in [-0.25, -0.2) is 0 Å². The molecule has 1 saturated carbocycles. The largest absolute Gasteiger partial charge is 0.697 e. The Kier molecular flexibility index (Phi) is 8.21. The molecule has 1 amide bonds. The van der Waals surface area contributed by atoms with Gasteiger partial charge in [0.2, 0.25) is 5.91 Å². The van der Waals surface area contributed by atoms with E-state index in [1.807, 2.05) is 6.08 Å². The summed E-state index contributed by atoms with van der Waals surface area (Å²) < 4.78 is 40.6. The maximum absolute atomic E-state index is 12.5. The third kappa shape index (κ3) is 5.95. The van der Waals surface area contributed by atoms with Crippen LogP contribution < -0.4 is 5.73 Å². The van der Waals surface area contributed by atoms with Gasteiger partial charge < -0.3 is 35.0 Å². The predicted octanol–water partition coefficient (Wildman–Crippen LogP) is -0.0782. The van der Waals surface area contributed by atoms with Gasteiger partial charge in [0.1, 0.15) is 30.8 Å². The first kappa shape index (κ1) is 25.5. The maximum Gasteiger partial charge on any atom is 0.697 e. The van der Waals surface area contributed by atoms with Crippen LogP contribution in [0, 0.1) is 5.92 Å². The minimum Gasteiger partial charge on any atom is -0.394 e. The number of hydrogen-bond donors (Lipinski definition) is 3. The number of amidine groups is 1. The number of nitrogens with zero attached hydrogens (tertiary/aromatic N) is 1. The van der Waals surface area contributed by atoms with Crippen LogP contribution >= 0.6 is 8.25 Å². The number of nitrogens with two attached hydrogens (primary N) is 1. The zero-order chi connectivity index (χ0) is 24.3. The van der Waals surface area contributed by atoms with E-state index in [-0.39, 0.29) is 49.8 Å². The summed E-state index contributed by atoms with van der Waals surface area (Å²) in [4.78, 5) is 26.7. The van der Waals surface area contributed by atoms with Crippen molar-refractivity contribution in [2.75, 3.05) is 19.8 Å². The SMILES string of the molecule is NC1=NC(=O)CCC(C2CC(O[P+](=O)OCC3OCCC3OC3(C=O)CC3O)C(CO)O2)C=C1. The van der Waals surface area contributed by atoms with E-state index < -0.39 is 44.4 Å². The van der Waals surface area contributed by atoms with Crippen molar-refractivity contribution in [2.24, 2.45) is 16.6 Å². The van der Waals surface area contributed by atoms with Gasteiger partial charge in [0, 0.05) is 36.4 Å². The van der Waals surface area contributed by atoms with Gasteiger partial charge in [0.15, 0.2) is 11.9 Å². The van der Waals surface area contributed by atoms with Crippen molar-refractivity contribution in [3.8, 4) is 0 Å². The molecule has 4 rings (SSSR count). The van der Waals surface area contributed by atoms with Crippen molar-refractivity contribution in [3.63, 3.8) is 0 Å². The minimum absolute atomic E-state index is 0.0855. The first-order valence-electron chi connectivity index (χ1n) is 11.4. The summed E-state index contributed by atoms with van der Waals surface area (Å²) in [5, 5.41) is 19.4. The molecule has 34 heavy (non-hydrogen) atoms. The third-order valence-corrected chi connectivity index (χ3v) is 7.35. The van der Waals surface area contributed by atoms with Gasteiger partial charge in [-0.3, -0.25) is 4.79 Å². The van der Waals surface area contributed by atoms with Gasteiger partial charge in [-0.05, 0) is 18.9 Å². The number of amides is 1. The van der Waals surface area contributed by atoms with Crippen molar-refractivity contribution < 1.29 is 47.6 Å². The average Bonchev–Trinajstić information content (AvgIpc) is 3.11. The van der Waals surface area contributed by atoms with Gasteiger partial charge in [-0.15, -0.1) is 9.05 Å². The summed E-state index contributed by atoms with van der Waals surface area (Å²) >= 11 is 0. The second-order valence-electron chi connectivity index (χ2n) is 8.93. The fourth-order valence-electron chi connectivity index (χ4n) is 4.45. The number of hydrogen-bond acceptors (Lipinski definition) is 11. The normalized spacial score (nSPS) is 40.5. The van der Waals surface area contributed by atoms with Crippen molar-refractivity contribution in [3.05, 3.63) is 12.2 Å². The Morgan fingerprint density at radius 2 is 2.12 bits per heavy atom. The molecule has 4 N–H and O–H groups in total. The lowest BCUT2D eigenvalue weighted by Gasteiger charge is -2.20. The molecule has 3 heterocycles. The zero-order valence-electron chi connectivity index (χ0n) is 18.6. The molecule has 0 radical (unpaired) electrons. The highest BCUT2D eigenvalue weighted by Crippen LogP contribution is 2.42. The van der Waals surface area contributed by atoms with Crippen LogP contribution in [0.1, 0.15) is 32.1 Å². The van der Waals surface area contributed by atoms with Crippen LogP contribution in [-0.2, 0) is 37.4 Å². The highest BCUT2D eigenvalue weighted by atomic mass is 31.1. The molecule has 2 saturated heterocycles. The lowest BCUT2D eigenvalue weighted by molar-refractivity contribution is -0.133. The summed E-state index contributed by atoms with van der Waals surface area (Å²) in [6, 6.07) is 0. The molecule has 3 fully saturated rings. The fourth-order valence-corrected chi connectivity index (χ4v) is 5.22. The smallest absolute Gasteiger partial charge is 0.394 e. The van der Waals surface area contributed by atoms with Crippen LogP contribution in [0.15, 0.2) is 17.1 Å².